The Morgan fingerprint density at radius 1 is 1.47 bits per heavy atom. The summed E-state index contributed by atoms with van der Waals surface area (Å²) in [4.78, 5) is 14.9. The molecule has 3 heteroatoms. The molecular formula is C12H12N2O. The van der Waals surface area contributed by atoms with E-state index in [1.165, 1.54) is 0 Å². The van der Waals surface area contributed by atoms with Gasteiger partial charge in [0.05, 0.1) is 0 Å². The van der Waals surface area contributed by atoms with Gasteiger partial charge in [0.2, 0.25) is 0 Å². The van der Waals surface area contributed by atoms with Crippen LogP contribution in [0.1, 0.15) is 23.1 Å². The number of benzene rings is 1. The summed E-state index contributed by atoms with van der Waals surface area (Å²) in [6.07, 6.45) is 5.40. The number of nitrogens with zero attached hydrogens (tertiary/aromatic N) is 2. The minimum absolute atomic E-state index is 0.684. The van der Waals surface area contributed by atoms with Crippen molar-refractivity contribution in [3.8, 4) is 5.69 Å². The Kier molecular flexibility index (Phi) is 2.63. The number of hydrogen-bond donors (Lipinski definition) is 0. The van der Waals surface area contributed by atoms with Gasteiger partial charge in [-0.2, -0.15) is 0 Å². The van der Waals surface area contributed by atoms with Gasteiger partial charge in [-0.05, 0) is 12.1 Å². The highest BCUT2D eigenvalue weighted by Crippen LogP contribution is 2.12. The van der Waals surface area contributed by atoms with Crippen molar-refractivity contribution in [1.29, 1.82) is 0 Å². The summed E-state index contributed by atoms with van der Waals surface area (Å²) in [5, 5.41) is 0. The summed E-state index contributed by atoms with van der Waals surface area (Å²) in [6, 6.07) is 7.49. The molecule has 0 amide bonds. The van der Waals surface area contributed by atoms with Crippen LogP contribution in [-0.2, 0) is 6.42 Å². The molecule has 0 saturated heterocycles. The molecule has 15 heavy (non-hydrogen) atoms. The number of rotatable bonds is 3. The Bertz CT molecular complexity index is 474. The lowest BCUT2D eigenvalue weighted by Crippen LogP contribution is -1.99. The molecule has 0 atom stereocenters. The fraction of sp³-hybridized carbons (Fsp3) is 0.167. The first-order valence-electron chi connectivity index (χ1n) is 4.93. The van der Waals surface area contributed by atoms with E-state index in [1.54, 1.807) is 12.3 Å². The Labute approximate surface area is 88.4 Å². The minimum Gasteiger partial charge on any atom is -0.304 e. The fourth-order valence-corrected chi connectivity index (χ4v) is 1.58. The van der Waals surface area contributed by atoms with Crippen LogP contribution in [0.3, 0.4) is 0 Å². The van der Waals surface area contributed by atoms with Gasteiger partial charge in [-0.1, -0.05) is 19.1 Å². The van der Waals surface area contributed by atoms with Crippen molar-refractivity contribution < 1.29 is 4.79 Å². The SMILES string of the molecule is CCc1nccn1-c1cccc(C=O)c1. The van der Waals surface area contributed by atoms with Gasteiger partial charge in [-0.3, -0.25) is 4.79 Å². The number of aldehydes is 1. The van der Waals surface area contributed by atoms with Crippen molar-refractivity contribution in [2.24, 2.45) is 0 Å². The third-order valence-electron chi connectivity index (χ3n) is 2.32. The van der Waals surface area contributed by atoms with Crippen LogP contribution in [0, 0.1) is 0 Å². The number of aryl methyl sites for hydroxylation is 1. The molecule has 0 bridgehead atoms. The van der Waals surface area contributed by atoms with Crippen molar-refractivity contribution in [3.63, 3.8) is 0 Å². The van der Waals surface area contributed by atoms with Gasteiger partial charge < -0.3 is 4.57 Å². The molecule has 76 valence electrons. The van der Waals surface area contributed by atoms with Crippen LogP contribution >= 0.6 is 0 Å². The van der Waals surface area contributed by atoms with Crippen molar-refractivity contribution in [3.05, 3.63) is 48.0 Å². The van der Waals surface area contributed by atoms with Crippen LogP contribution in [0.5, 0.6) is 0 Å². The van der Waals surface area contributed by atoms with E-state index in [0.29, 0.717) is 5.56 Å². The number of hydrogen-bond acceptors (Lipinski definition) is 2. The zero-order valence-corrected chi connectivity index (χ0v) is 8.55. The minimum atomic E-state index is 0.684. The number of carbonyl (C=O) groups excluding carboxylic acids is 1. The van der Waals surface area contributed by atoms with Crippen molar-refractivity contribution >= 4 is 6.29 Å². The molecule has 1 aromatic heterocycles. The van der Waals surface area contributed by atoms with Crippen LogP contribution < -0.4 is 0 Å². The molecule has 0 fully saturated rings. The highest BCUT2D eigenvalue weighted by atomic mass is 16.1. The quantitative estimate of drug-likeness (QED) is 0.712. The highest BCUT2D eigenvalue weighted by Gasteiger charge is 2.02. The number of carbonyl (C=O) groups is 1. The molecule has 0 saturated carbocycles. The van der Waals surface area contributed by atoms with Gasteiger partial charge >= 0.3 is 0 Å². The fourth-order valence-electron chi connectivity index (χ4n) is 1.58. The van der Waals surface area contributed by atoms with Gasteiger partial charge in [-0.15, -0.1) is 0 Å². The average Bonchev–Trinajstić information content (AvgIpc) is 2.77. The Morgan fingerprint density at radius 2 is 2.33 bits per heavy atom. The van der Waals surface area contributed by atoms with E-state index in [-0.39, 0.29) is 0 Å². The summed E-state index contributed by atoms with van der Waals surface area (Å²) >= 11 is 0. The first-order chi connectivity index (χ1) is 7.35. The van der Waals surface area contributed by atoms with E-state index in [1.807, 2.05) is 29.0 Å². The largest absolute Gasteiger partial charge is 0.304 e. The van der Waals surface area contributed by atoms with Crippen LogP contribution in [0.4, 0.5) is 0 Å². The Hall–Kier alpha value is -1.90. The molecule has 0 aliphatic carbocycles. The van der Waals surface area contributed by atoms with Gasteiger partial charge in [-0.25, -0.2) is 4.98 Å². The second kappa shape index (κ2) is 4.09. The van der Waals surface area contributed by atoms with Gasteiger partial charge in [0.25, 0.3) is 0 Å². The molecule has 2 rings (SSSR count). The second-order valence-corrected chi connectivity index (χ2v) is 3.28. The molecule has 2 aromatic rings. The Balaban J connectivity index is 2.48. The first-order valence-corrected chi connectivity index (χ1v) is 4.93. The van der Waals surface area contributed by atoms with E-state index >= 15 is 0 Å². The van der Waals surface area contributed by atoms with Gasteiger partial charge in [0, 0.05) is 30.1 Å². The average molecular weight is 200 g/mol. The topological polar surface area (TPSA) is 34.9 Å². The van der Waals surface area contributed by atoms with E-state index < -0.39 is 0 Å². The molecule has 0 spiro atoms. The standard InChI is InChI=1S/C12H12N2O/c1-2-12-13-6-7-14(12)11-5-3-4-10(8-11)9-15/h3-9H,2H2,1H3. The maximum atomic E-state index is 10.7. The van der Waals surface area contributed by atoms with Crippen molar-refractivity contribution in [1.82, 2.24) is 9.55 Å². The summed E-state index contributed by atoms with van der Waals surface area (Å²) in [6.45, 7) is 2.06. The Morgan fingerprint density at radius 3 is 3.07 bits per heavy atom. The van der Waals surface area contributed by atoms with E-state index in [0.717, 1.165) is 24.2 Å². The predicted molar refractivity (Wildman–Crippen MR) is 58.3 cm³/mol. The molecule has 0 aliphatic heterocycles. The molecule has 0 aliphatic rings. The molecule has 1 aromatic carbocycles. The number of aromatic nitrogens is 2. The van der Waals surface area contributed by atoms with E-state index in [2.05, 4.69) is 11.9 Å². The maximum absolute atomic E-state index is 10.7. The molecule has 0 radical (unpaired) electrons. The zero-order chi connectivity index (χ0) is 10.7. The zero-order valence-electron chi connectivity index (χ0n) is 8.55. The van der Waals surface area contributed by atoms with Crippen LogP contribution in [0.2, 0.25) is 0 Å². The van der Waals surface area contributed by atoms with Crippen molar-refractivity contribution in [2.45, 2.75) is 13.3 Å². The monoisotopic (exact) mass is 200 g/mol. The molecule has 0 N–H and O–H groups in total. The molecule has 1 heterocycles. The van der Waals surface area contributed by atoms with Crippen molar-refractivity contribution in [2.75, 3.05) is 0 Å². The van der Waals surface area contributed by atoms with Gasteiger partial charge in [0.1, 0.15) is 12.1 Å². The van der Waals surface area contributed by atoms with E-state index in [9.17, 15) is 4.79 Å². The lowest BCUT2D eigenvalue weighted by molar-refractivity contribution is 0.112. The summed E-state index contributed by atoms with van der Waals surface area (Å²) in [5.41, 5.74) is 1.66. The number of imidazole rings is 1. The normalized spacial score (nSPS) is 10.2. The lowest BCUT2D eigenvalue weighted by Gasteiger charge is -2.06. The summed E-state index contributed by atoms with van der Waals surface area (Å²) < 4.78 is 1.99. The van der Waals surface area contributed by atoms with Gasteiger partial charge in [0.15, 0.2) is 0 Å². The third-order valence-corrected chi connectivity index (χ3v) is 2.32. The lowest BCUT2D eigenvalue weighted by atomic mass is 10.2. The molecule has 3 nitrogen and oxygen atoms in total. The second-order valence-electron chi connectivity index (χ2n) is 3.28. The highest BCUT2D eigenvalue weighted by molar-refractivity contribution is 5.75. The van der Waals surface area contributed by atoms with E-state index in [4.69, 9.17) is 0 Å². The van der Waals surface area contributed by atoms with Crippen LogP contribution in [0.25, 0.3) is 5.69 Å². The maximum Gasteiger partial charge on any atom is 0.150 e. The molecular weight excluding hydrogens is 188 g/mol. The molecule has 0 unspecified atom stereocenters. The first kappa shape index (κ1) is 9.65. The van der Waals surface area contributed by atoms with Crippen LogP contribution in [0.15, 0.2) is 36.7 Å². The third kappa shape index (κ3) is 1.81. The summed E-state index contributed by atoms with van der Waals surface area (Å²) in [7, 11) is 0. The predicted octanol–water partition coefficient (Wildman–Crippen LogP) is 2.25. The summed E-state index contributed by atoms with van der Waals surface area (Å²) in [5.74, 6) is 0.998. The van der Waals surface area contributed by atoms with Crippen LogP contribution in [-0.4, -0.2) is 15.8 Å². The smallest absolute Gasteiger partial charge is 0.150 e.